The summed E-state index contributed by atoms with van der Waals surface area (Å²) in [5.74, 6) is 0. The van der Waals surface area contributed by atoms with Crippen LogP contribution in [0.3, 0.4) is 0 Å². The smallest absolute Gasteiger partial charge is 0.410 e. The number of benzene rings is 1. The summed E-state index contributed by atoms with van der Waals surface area (Å²) in [5, 5.41) is 13.4. The third-order valence-corrected chi connectivity index (χ3v) is 11.9. The molecular formula is C26H42ClN3O3Si. The van der Waals surface area contributed by atoms with Gasteiger partial charge in [0.1, 0.15) is 11.7 Å². The summed E-state index contributed by atoms with van der Waals surface area (Å²) >= 11 is 6.42. The minimum atomic E-state index is -2.08. The lowest BCUT2D eigenvalue weighted by Gasteiger charge is -2.48. The number of hydrogen-bond donors (Lipinski definition) is 1. The van der Waals surface area contributed by atoms with Crippen molar-refractivity contribution in [3.8, 4) is 6.07 Å². The van der Waals surface area contributed by atoms with Gasteiger partial charge in [0, 0.05) is 18.3 Å². The highest BCUT2D eigenvalue weighted by atomic mass is 35.5. The Labute approximate surface area is 212 Å². The predicted molar refractivity (Wildman–Crippen MR) is 142 cm³/mol. The van der Waals surface area contributed by atoms with E-state index in [0.717, 1.165) is 24.1 Å². The Hall–Kier alpha value is -1.75. The quantitative estimate of drug-likeness (QED) is 0.430. The normalized spacial score (nSPS) is 20.5. The zero-order valence-corrected chi connectivity index (χ0v) is 24.3. The molecule has 190 valence electrons. The van der Waals surface area contributed by atoms with Crippen LogP contribution in [-0.4, -0.2) is 49.6 Å². The number of nitriles is 1. The number of piperidine rings is 1. The van der Waals surface area contributed by atoms with Crippen molar-refractivity contribution in [1.82, 2.24) is 4.90 Å². The number of likely N-dealkylation sites (tertiary alicyclic amines) is 1. The average Bonchev–Trinajstić information content (AvgIpc) is 2.69. The van der Waals surface area contributed by atoms with E-state index in [0.29, 0.717) is 17.1 Å². The molecular weight excluding hydrogens is 466 g/mol. The van der Waals surface area contributed by atoms with Crippen molar-refractivity contribution in [1.29, 1.82) is 5.26 Å². The first kappa shape index (κ1) is 28.5. The topological polar surface area (TPSA) is 74.6 Å². The van der Waals surface area contributed by atoms with Crippen molar-refractivity contribution in [3.63, 3.8) is 0 Å². The minimum Gasteiger partial charge on any atom is -0.444 e. The number of rotatable bonds is 5. The van der Waals surface area contributed by atoms with Gasteiger partial charge >= 0.3 is 6.09 Å². The standard InChI is InChI=1S/C26H42ClN3O3Si/c1-17-20(14-13-19(16-28)22(17)27)29-18(2)23-21(33-34(9,10)26(6,7)8)12-11-15-30(23)24(31)32-25(3,4)5/h13-14,18,21,23,29H,11-12,15H2,1-10H3/t18-,21-,23-/m1/s1. The molecule has 1 amide bonds. The molecule has 3 atom stereocenters. The lowest BCUT2D eigenvalue weighted by Crippen LogP contribution is -2.61. The predicted octanol–water partition coefficient (Wildman–Crippen LogP) is 7.11. The minimum absolute atomic E-state index is 0.0552. The first-order chi connectivity index (χ1) is 15.5. The molecule has 1 N–H and O–H groups in total. The van der Waals surface area contributed by atoms with Gasteiger partial charge in [-0.25, -0.2) is 4.79 Å². The molecule has 0 spiro atoms. The van der Waals surface area contributed by atoms with Gasteiger partial charge in [-0.1, -0.05) is 32.4 Å². The fourth-order valence-electron chi connectivity index (χ4n) is 4.05. The molecule has 1 aromatic carbocycles. The van der Waals surface area contributed by atoms with Crippen molar-refractivity contribution in [2.45, 2.75) is 110 Å². The number of ether oxygens (including phenoxy) is 1. The fourth-order valence-corrected chi connectivity index (χ4v) is 5.63. The molecule has 6 nitrogen and oxygen atoms in total. The Morgan fingerprint density at radius 1 is 1.26 bits per heavy atom. The highest BCUT2D eigenvalue weighted by Gasteiger charge is 2.46. The van der Waals surface area contributed by atoms with Gasteiger partial charge < -0.3 is 19.4 Å². The van der Waals surface area contributed by atoms with Crippen LogP contribution >= 0.6 is 11.6 Å². The number of nitrogens with zero attached hydrogens (tertiary/aromatic N) is 2. The molecule has 0 aromatic heterocycles. The average molecular weight is 508 g/mol. The van der Waals surface area contributed by atoms with Crippen molar-refractivity contribution in [2.75, 3.05) is 11.9 Å². The first-order valence-corrected chi connectivity index (χ1v) is 15.4. The van der Waals surface area contributed by atoms with Crippen LogP contribution in [0.15, 0.2) is 12.1 Å². The van der Waals surface area contributed by atoms with E-state index in [2.05, 4.69) is 52.2 Å². The SMILES string of the molecule is Cc1c(N[C@H](C)[C@@H]2[C@H](O[Si](C)(C)C(C)(C)C)CCCN2C(=O)OC(C)(C)C)ccc(C#N)c1Cl. The molecule has 0 bridgehead atoms. The lowest BCUT2D eigenvalue weighted by molar-refractivity contribution is -0.0227. The molecule has 0 unspecified atom stereocenters. The summed E-state index contributed by atoms with van der Waals surface area (Å²) < 4.78 is 12.7. The highest BCUT2D eigenvalue weighted by molar-refractivity contribution is 6.74. The monoisotopic (exact) mass is 507 g/mol. The van der Waals surface area contributed by atoms with Gasteiger partial charge in [0.2, 0.25) is 0 Å². The van der Waals surface area contributed by atoms with Crippen LogP contribution in [0, 0.1) is 18.3 Å². The molecule has 1 aliphatic heterocycles. The van der Waals surface area contributed by atoms with E-state index in [4.69, 9.17) is 20.8 Å². The Morgan fingerprint density at radius 2 is 1.88 bits per heavy atom. The van der Waals surface area contributed by atoms with Crippen molar-refractivity contribution in [2.24, 2.45) is 0 Å². The number of nitrogens with one attached hydrogen (secondary N) is 1. The van der Waals surface area contributed by atoms with Gasteiger partial charge in [-0.15, -0.1) is 0 Å². The summed E-state index contributed by atoms with van der Waals surface area (Å²) in [4.78, 5) is 15.1. The highest BCUT2D eigenvalue weighted by Crippen LogP contribution is 2.40. The molecule has 1 fully saturated rings. The van der Waals surface area contributed by atoms with Gasteiger partial charge in [-0.05, 0) is 83.3 Å². The van der Waals surface area contributed by atoms with E-state index in [9.17, 15) is 10.1 Å². The molecule has 1 heterocycles. The van der Waals surface area contributed by atoms with Gasteiger partial charge in [0.15, 0.2) is 8.32 Å². The summed E-state index contributed by atoms with van der Waals surface area (Å²) in [7, 11) is -2.08. The number of amides is 1. The second-order valence-electron chi connectivity index (χ2n) is 11.9. The van der Waals surface area contributed by atoms with Crippen LogP contribution in [0.1, 0.15) is 72.4 Å². The maximum Gasteiger partial charge on any atom is 0.410 e. The summed E-state index contributed by atoms with van der Waals surface area (Å²) in [6.07, 6.45) is 1.32. The molecule has 2 rings (SSSR count). The van der Waals surface area contributed by atoms with Gasteiger partial charge in [-0.3, -0.25) is 0 Å². The van der Waals surface area contributed by atoms with E-state index in [1.165, 1.54) is 0 Å². The third-order valence-electron chi connectivity index (χ3n) is 6.91. The zero-order chi connectivity index (χ0) is 26.1. The van der Waals surface area contributed by atoms with Crippen LogP contribution in [-0.2, 0) is 9.16 Å². The molecule has 1 aliphatic rings. The first-order valence-electron chi connectivity index (χ1n) is 12.1. The summed E-state index contributed by atoms with van der Waals surface area (Å²) in [6.45, 7) is 21.4. The number of anilines is 1. The van der Waals surface area contributed by atoms with Crippen LogP contribution in [0.4, 0.5) is 10.5 Å². The van der Waals surface area contributed by atoms with E-state index >= 15 is 0 Å². The van der Waals surface area contributed by atoms with Crippen LogP contribution < -0.4 is 5.32 Å². The fraction of sp³-hybridized carbons (Fsp3) is 0.692. The largest absolute Gasteiger partial charge is 0.444 e. The van der Waals surface area contributed by atoms with E-state index in [-0.39, 0.29) is 29.3 Å². The molecule has 34 heavy (non-hydrogen) atoms. The number of carbonyl (C=O) groups is 1. The van der Waals surface area contributed by atoms with Gasteiger partial charge in [-0.2, -0.15) is 5.26 Å². The molecule has 1 saturated heterocycles. The van der Waals surface area contributed by atoms with Gasteiger partial charge in [0.05, 0.1) is 22.7 Å². The molecule has 0 saturated carbocycles. The van der Waals surface area contributed by atoms with E-state index in [1.807, 2.05) is 38.7 Å². The number of carbonyl (C=O) groups excluding carboxylic acids is 1. The molecule has 1 aromatic rings. The van der Waals surface area contributed by atoms with Crippen LogP contribution in [0.25, 0.3) is 0 Å². The van der Waals surface area contributed by atoms with Crippen molar-refractivity contribution < 1.29 is 14.0 Å². The van der Waals surface area contributed by atoms with Crippen molar-refractivity contribution >= 4 is 31.7 Å². The Balaban J connectivity index is 2.43. The Bertz CT molecular complexity index is 931. The zero-order valence-electron chi connectivity index (χ0n) is 22.5. The maximum atomic E-state index is 13.3. The van der Waals surface area contributed by atoms with Crippen molar-refractivity contribution in [3.05, 3.63) is 28.3 Å². The molecule has 0 aliphatic carbocycles. The summed E-state index contributed by atoms with van der Waals surface area (Å²) in [5.41, 5.74) is 1.53. The van der Waals surface area contributed by atoms with Crippen LogP contribution in [0.2, 0.25) is 23.2 Å². The Kier molecular flexibility index (Phi) is 8.77. The van der Waals surface area contributed by atoms with Gasteiger partial charge in [0.25, 0.3) is 0 Å². The maximum absolute atomic E-state index is 13.3. The second kappa shape index (κ2) is 10.5. The number of halogens is 1. The third kappa shape index (κ3) is 6.68. The van der Waals surface area contributed by atoms with Crippen LogP contribution in [0.5, 0.6) is 0 Å². The van der Waals surface area contributed by atoms with E-state index < -0.39 is 13.9 Å². The molecule has 8 heteroatoms. The Morgan fingerprint density at radius 3 is 2.41 bits per heavy atom. The summed E-state index contributed by atoms with van der Waals surface area (Å²) in [6, 6.07) is 5.37. The lowest BCUT2D eigenvalue weighted by atomic mass is 9.93. The second-order valence-corrected chi connectivity index (χ2v) is 17.0. The molecule has 0 radical (unpaired) electrons. The number of hydrogen-bond acceptors (Lipinski definition) is 5. The van der Waals surface area contributed by atoms with E-state index in [1.54, 1.807) is 6.07 Å².